The van der Waals surface area contributed by atoms with E-state index in [1.165, 1.54) is 11.8 Å². The maximum Gasteiger partial charge on any atom is 0.338 e. The number of carbonyl (C=O) groups is 1. The molecule has 2 aromatic rings. The van der Waals surface area contributed by atoms with Gasteiger partial charge in [0.15, 0.2) is 0 Å². The number of hydrogen-bond donors (Lipinski definition) is 1. The summed E-state index contributed by atoms with van der Waals surface area (Å²) in [5, 5.41) is 18.4. The van der Waals surface area contributed by atoms with Gasteiger partial charge in [0.05, 0.1) is 11.3 Å². The number of carboxylic acid groups (broad SMARTS) is 1. The molecule has 0 aliphatic heterocycles. The van der Waals surface area contributed by atoms with E-state index in [1.807, 2.05) is 24.3 Å². The average molecular weight is 309 g/mol. The third kappa shape index (κ3) is 3.29. The van der Waals surface area contributed by atoms with Crippen LogP contribution in [0.1, 0.15) is 27.2 Å². The third-order valence-electron chi connectivity index (χ3n) is 2.93. The summed E-state index contributed by atoms with van der Waals surface area (Å²) in [6.45, 7) is 3.50. The number of halogens is 1. The van der Waals surface area contributed by atoms with Crippen LogP contribution in [-0.4, -0.2) is 21.3 Å². The van der Waals surface area contributed by atoms with E-state index in [9.17, 15) is 9.90 Å². The molecule has 20 heavy (non-hydrogen) atoms. The molecule has 0 bridgehead atoms. The SMILES string of the molecule is Cc1nnc(SCc2ccc(Cl)cc2)c(C(=O)O)c1C. The van der Waals surface area contributed by atoms with Crippen molar-refractivity contribution in [1.29, 1.82) is 0 Å². The smallest absolute Gasteiger partial charge is 0.338 e. The van der Waals surface area contributed by atoms with Gasteiger partial charge >= 0.3 is 5.97 Å². The molecule has 0 atom stereocenters. The summed E-state index contributed by atoms with van der Waals surface area (Å²) in [5.41, 5.74) is 2.58. The number of carboxylic acids is 1. The molecule has 1 aromatic carbocycles. The highest BCUT2D eigenvalue weighted by molar-refractivity contribution is 7.98. The molecule has 0 radical (unpaired) electrons. The Morgan fingerprint density at radius 2 is 1.90 bits per heavy atom. The molecule has 0 aliphatic rings. The van der Waals surface area contributed by atoms with E-state index < -0.39 is 5.97 Å². The van der Waals surface area contributed by atoms with Crippen molar-refractivity contribution in [3.8, 4) is 0 Å². The molecule has 0 saturated carbocycles. The normalized spacial score (nSPS) is 10.6. The van der Waals surface area contributed by atoms with Crippen LogP contribution >= 0.6 is 23.4 Å². The fourth-order valence-electron chi connectivity index (χ4n) is 1.67. The minimum atomic E-state index is -0.973. The molecular weight excluding hydrogens is 296 g/mol. The monoisotopic (exact) mass is 308 g/mol. The maximum atomic E-state index is 11.4. The molecule has 0 amide bonds. The van der Waals surface area contributed by atoms with Gasteiger partial charge in [0.25, 0.3) is 0 Å². The molecule has 1 N–H and O–H groups in total. The second kappa shape index (κ2) is 6.24. The minimum Gasteiger partial charge on any atom is -0.478 e. The number of rotatable bonds is 4. The molecule has 1 heterocycles. The van der Waals surface area contributed by atoms with E-state index in [2.05, 4.69) is 10.2 Å². The Hall–Kier alpha value is -1.59. The van der Waals surface area contributed by atoms with Crippen molar-refractivity contribution in [3.63, 3.8) is 0 Å². The van der Waals surface area contributed by atoms with Crippen molar-refractivity contribution in [2.45, 2.75) is 24.6 Å². The summed E-state index contributed by atoms with van der Waals surface area (Å²) in [6.07, 6.45) is 0. The summed E-state index contributed by atoms with van der Waals surface area (Å²) in [7, 11) is 0. The zero-order valence-corrected chi connectivity index (χ0v) is 12.6. The highest BCUT2D eigenvalue weighted by atomic mass is 35.5. The van der Waals surface area contributed by atoms with Gasteiger partial charge in [-0.25, -0.2) is 4.79 Å². The number of nitrogens with zero attached hydrogens (tertiary/aromatic N) is 2. The van der Waals surface area contributed by atoms with E-state index in [0.717, 1.165) is 5.56 Å². The van der Waals surface area contributed by atoms with E-state index in [4.69, 9.17) is 11.6 Å². The number of aromatic nitrogens is 2. The van der Waals surface area contributed by atoms with E-state index in [-0.39, 0.29) is 5.56 Å². The van der Waals surface area contributed by atoms with Gasteiger partial charge in [-0.2, -0.15) is 5.10 Å². The Morgan fingerprint density at radius 1 is 1.25 bits per heavy atom. The van der Waals surface area contributed by atoms with Gasteiger partial charge in [0.2, 0.25) is 0 Å². The zero-order valence-electron chi connectivity index (χ0n) is 11.1. The predicted molar refractivity (Wildman–Crippen MR) is 79.5 cm³/mol. The van der Waals surface area contributed by atoms with Crippen LogP contribution in [0.15, 0.2) is 29.3 Å². The average Bonchev–Trinajstić information content (AvgIpc) is 2.41. The third-order valence-corrected chi connectivity index (χ3v) is 4.21. The molecular formula is C14H13ClN2O2S. The van der Waals surface area contributed by atoms with E-state index in [1.54, 1.807) is 13.8 Å². The topological polar surface area (TPSA) is 63.1 Å². The fraction of sp³-hybridized carbons (Fsp3) is 0.214. The number of thioether (sulfide) groups is 1. The lowest BCUT2D eigenvalue weighted by Gasteiger charge is -2.08. The van der Waals surface area contributed by atoms with Crippen LogP contribution < -0.4 is 0 Å². The van der Waals surface area contributed by atoms with Crippen LogP contribution in [0.3, 0.4) is 0 Å². The van der Waals surface area contributed by atoms with Gasteiger partial charge < -0.3 is 5.11 Å². The lowest BCUT2D eigenvalue weighted by Crippen LogP contribution is -2.08. The molecule has 0 saturated heterocycles. The minimum absolute atomic E-state index is 0.233. The summed E-state index contributed by atoms with van der Waals surface area (Å²) in [5.74, 6) is -0.353. The summed E-state index contributed by atoms with van der Waals surface area (Å²) in [4.78, 5) is 11.4. The zero-order chi connectivity index (χ0) is 14.7. The largest absolute Gasteiger partial charge is 0.478 e. The van der Waals surface area contributed by atoms with Crippen LogP contribution in [-0.2, 0) is 5.75 Å². The van der Waals surface area contributed by atoms with Crippen LogP contribution in [0.5, 0.6) is 0 Å². The fourth-order valence-corrected chi connectivity index (χ4v) is 2.78. The Labute approximate surface area is 126 Å². The van der Waals surface area contributed by atoms with Gasteiger partial charge in [-0.3, -0.25) is 0 Å². The molecule has 0 unspecified atom stereocenters. The first kappa shape index (κ1) is 14.8. The van der Waals surface area contributed by atoms with Crippen molar-refractivity contribution in [2.24, 2.45) is 0 Å². The molecule has 1 aromatic heterocycles. The molecule has 2 rings (SSSR count). The lowest BCUT2D eigenvalue weighted by molar-refractivity contribution is 0.0690. The van der Waals surface area contributed by atoms with Crippen molar-refractivity contribution >= 4 is 29.3 Å². The van der Waals surface area contributed by atoms with Gasteiger partial charge in [-0.15, -0.1) is 5.10 Å². The Balaban J connectivity index is 2.23. The molecule has 4 nitrogen and oxygen atoms in total. The standard InChI is InChI=1S/C14H13ClN2O2S/c1-8-9(2)16-17-13(12(8)14(18)19)20-7-10-3-5-11(15)6-4-10/h3-6H,7H2,1-2H3,(H,18,19). The molecule has 6 heteroatoms. The molecule has 0 spiro atoms. The van der Waals surface area contributed by atoms with Crippen LogP contribution in [0, 0.1) is 13.8 Å². The molecule has 104 valence electrons. The summed E-state index contributed by atoms with van der Waals surface area (Å²) in [6, 6.07) is 7.43. The maximum absolute atomic E-state index is 11.4. The second-order valence-electron chi connectivity index (χ2n) is 4.31. The van der Waals surface area contributed by atoms with Crippen molar-refractivity contribution in [2.75, 3.05) is 0 Å². The van der Waals surface area contributed by atoms with Crippen molar-refractivity contribution in [3.05, 3.63) is 51.7 Å². The molecule has 0 aliphatic carbocycles. The summed E-state index contributed by atoms with van der Waals surface area (Å²) < 4.78 is 0. The Kier molecular flexibility index (Phi) is 4.62. The first-order valence-corrected chi connectivity index (χ1v) is 7.30. The van der Waals surface area contributed by atoms with E-state index in [0.29, 0.717) is 27.1 Å². The number of aromatic carboxylic acids is 1. The number of aryl methyl sites for hydroxylation is 1. The van der Waals surface area contributed by atoms with Gasteiger partial charge in [0, 0.05) is 10.8 Å². The highest BCUT2D eigenvalue weighted by Gasteiger charge is 2.17. The lowest BCUT2D eigenvalue weighted by atomic mass is 10.1. The predicted octanol–water partition coefficient (Wildman–Crippen LogP) is 3.74. The first-order valence-electron chi connectivity index (χ1n) is 5.93. The van der Waals surface area contributed by atoms with Gasteiger partial charge in [-0.05, 0) is 37.1 Å². The molecule has 0 fully saturated rings. The van der Waals surface area contributed by atoms with Crippen LogP contribution in [0.2, 0.25) is 5.02 Å². The highest BCUT2D eigenvalue weighted by Crippen LogP contribution is 2.27. The number of hydrogen-bond acceptors (Lipinski definition) is 4. The Bertz CT molecular complexity index is 644. The first-order chi connectivity index (χ1) is 9.49. The van der Waals surface area contributed by atoms with Crippen molar-refractivity contribution in [1.82, 2.24) is 10.2 Å². The number of benzene rings is 1. The second-order valence-corrected chi connectivity index (χ2v) is 5.71. The quantitative estimate of drug-likeness (QED) is 0.872. The van der Waals surface area contributed by atoms with Crippen molar-refractivity contribution < 1.29 is 9.90 Å². The van der Waals surface area contributed by atoms with Crippen LogP contribution in [0.4, 0.5) is 0 Å². The Morgan fingerprint density at radius 3 is 2.50 bits per heavy atom. The van der Waals surface area contributed by atoms with Crippen LogP contribution in [0.25, 0.3) is 0 Å². The van der Waals surface area contributed by atoms with Gasteiger partial charge in [-0.1, -0.05) is 35.5 Å². The summed E-state index contributed by atoms with van der Waals surface area (Å²) >= 11 is 7.19. The van der Waals surface area contributed by atoms with Gasteiger partial charge in [0.1, 0.15) is 5.03 Å². The van der Waals surface area contributed by atoms with E-state index >= 15 is 0 Å².